The Balaban J connectivity index is 1.68. The first-order chi connectivity index (χ1) is 14.3. The first-order valence-electron chi connectivity index (χ1n) is 8.51. The molecule has 0 aliphatic heterocycles. The average Bonchev–Trinajstić information content (AvgIpc) is 3.11. The number of anilines is 1. The van der Waals surface area contributed by atoms with Crippen molar-refractivity contribution in [3.05, 3.63) is 83.9 Å². The molecule has 0 radical (unpaired) electrons. The molecule has 152 valence electrons. The number of fused-ring (bicyclic) bond motifs is 1. The molecular weight excluding hydrogens is 407 g/mol. The van der Waals surface area contributed by atoms with Gasteiger partial charge in [-0.15, -0.1) is 0 Å². The zero-order valence-corrected chi connectivity index (χ0v) is 14.9. The summed E-state index contributed by atoms with van der Waals surface area (Å²) in [5.41, 5.74) is 0.115. The molecule has 2 aromatic carbocycles. The van der Waals surface area contributed by atoms with E-state index in [0.717, 1.165) is 16.7 Å². The number of amides is 1. The minimum atomic E-state index is -4.71. The molecule has 1 N–H and O–H groups in total. The molecule has 10 heteroatoms. The molecule has 0 aliphatic carbocycles. The number of hydrogen-bond acceptors (Lipinski definition) is 3. The van der Waals surface area contributed by atoms with Gasteiger partial charge in [-0.05, 0) is 42.5 Å². The van der Waals surface area contributed by atoms with Gasteiger partial charge < -0.3 is 5.32 Å². The fourth-order valence-electron chi connectivity index (χ4n) is 2.96. The standard InChI is InChI=1S/C20H11F5N4O/c21-14-3-1-2-13(17(14)22)18(30)27-11-4-6-12(7-5-11)29-16-8-9-26-10-15(16)28-19(29)20(23,24)25/h1-10H,(H,27,30). The number of carbonyl (C=O) groups is 1. The fraction of sp³-hybridized carbons (Fsp3) is 0.0500. The second-order valence-electron chi connectivity index (χ2n) is 6.24. The molecule has 4 aromatic rings. The average molecular weight is 418 g/mol. The minimum Gasteiger partial charge on any atom is -0.322 e. The van der Waals surface area contributed by atoms with Gasteiger partial charge in [-0.1, -0.05) is 6.07 Å². The number of carbonyl (C=O) groups excluding carboxylic acids is 1. The Hall–Kier alpha value is -3.82. The van der Waals surface area contributed by atoms with E-state index in [1.54, 1.807) is 0 Å². The third-order valence-corrected chi connectivity index (χ3v) is 4.29. The maximum absolute atomic E-state index is 13.8. The van der Waals surface area contributed by atoms with Crippen molar-refractivity contribution in [1.82, 2.24) is 14.5 Å². The second kappa shape index (κ2) is 7.21. The molecule has 2 aromatic heterocycles. The van der Waals surface area contributed by atoms with Crippen molar-refractivity contribution in [2.75, 3.05) is 5.32 Å². The Kier molecular flexibility index (Phi) is 4.69. The molecule has 0 saturated heterocycles. The zero-order valence-electron chi connectivity index (χ0n) is 14.9. The predicted molar refractivity (Wildman–Crippen MR) is 98.2 cm³/mol. The molecule has 0 spiro atoms. The number of hydrogen-bond donors (Lipinski definition) is 1. The van der Waals surface area contributed by atoms with Crippen LogP contribution in [0, 0.1) is 11.6 Å². The highest BCUT2D eigenvalue weighted by Gasteiger charge is 2.38. The van der Waals surface area contributed by atoms with Gasteiger partial charge in [-0.2, -0.15) is 13.2 Å². The molecule has 0 unspecified atom stereocenters. The molecule has 5 nitrogen and oxygen atoms in total. The van der Waals surface area contributed by atoms with E-state index in [1.165, 1.54) is 48.8 Å². The summed E-state index contributed by atoms with van der Waals surface area (Å²) >= 11 is 0. The molecule has 0 aliphatic rings. The van der Waals surface area contributed by atoms with E-state index in [-0.39, 0.29) is 22.4 Å². The van der Waals surface area contributed by atoms with Crippen LogP contribution in [-0.4, -0.2) is 20.4 Å². The van der Waals surface area contributed by atoms with Crippen molar-refractivity contribution in [2.45, 2.75) is 6.18 Å². The third kappa shape index (κ3) is 3.47. The first kappa shape index (κ1) is 19.5. The summed E-state index contributed by atoms with van der Waals surface area (Å²) in [4.78, 5) is 19.6. The number of imidazole rings is 1. The molecule has 0 saturated carbocycles. The van der Waals surface area contributed by atoms with Gasteiger partial charge in [0.1, 0.15) is 5.52 Å². The SMILES string of the molecule is O=C(Nc1ccc(-n2c(C(F)(F)F)nc3cnccc32)cc1)c1cccc(F)c1F. The number of nitrogens with zero attached hydrogens (tertiary/aromatic N) is 3. The van der Waals surface area contributed by atoms with E-state index in [9.17, 15) is 26.7 Å². The van der Waals surface area contributed by atoms with Gasteiger partial charge in [0.15, 0.2) is 11.6 Å². The summed E-state index contributed by atoms with van der Waals surface area (Å²) in [6, 6.07) is 9.96. The van der Waals surface area contributed by atoms with Crippen LogP contribution >= 0.6 is 0 Å². The summed E-state index contributed by atoms with van der Waals surface area (Å²) in [7, 11) is 0. The Morgan fingerprint density at radius 2 is 1.73 bits per heavy atom. The normalized spacial score (nSPS) is 11.6. The van der Waals surface area contributed by atoms with Crippen molar-refractivity contribution in [2.24, 2.45) is 0 Å². The van der Waals surface area contributed by atoms with Crippen molar-refractivity contribution >= 4 is 22.6 Å². The van der Waals surface area contributed by atoms with Crippen LogP contribution in [0.5, 0.6) is 0 Å². The number of benzene rings is 2. The van der Waals surface area contributed by atoms with Crippen molar-refractivity contribution in [1.29, 1.82) is 0 Å². The van der Waals surface area contributed by atoms with Gasteiger partial charge >= 0.3 is 6.18 Å². The Bertz CT molecular complexity index is 1250. The van der Waals surface area contributed by atoms with E-state index >= 15 is 0 Å². The van der Waals surface area contributed by atoms with Crippen LogP contribution in [0.4, 0.5) is 27.6 Å². The van der Waals surface area contributed by atoms with Crippen LogP contribution < -0.4 is 5.32 Å². The highest BCUT2D eigenvalue weighted by molar-refractivity contribution is 6.04. The second-order valence-corrected chi connectivity index (χ2v) is 6.24. The quantitative estimate of drug-likeness (QED) is 0.478. The number of halogens is 5. The van der Waals surface area contributed by atoms with E-state index in [4.69, 9.17) is 0 Å². The first-order valence-corrected chi connectivity index (χ1v) is 8.51. The van der Waals surface area contributed by atoms with Crippen LogP contribution in [0.2, 0.25) is 0 Å². The van der Waals surface area contributed by atoms with Crippen molar-refractivity contribution in [3.8, 4) is 5.69 Å². The van der Waals surface area contributed by atoms with Gasteiger partial charge in [0, 0.05) is 17.6 Å². The van der Waals surface area contributed by atoms with Gasteiger partial charge in [-0.3, -0.25) is 14.3 Å². The molecule has 0 atom stereocenters. The Labute approximate surface area is 165 Å². The minimum absolute atomic E-state index is 0.0729. The van der Waals surface area contributed by atoms with Crippen molar-refractivity contribution < 1.29 is 26.7 Å². The van der Waals surface area contributed by atoms with Gasteiger partial charge in [0.25, 0.3) is 5.91 Å². The van der Waals surface area contributed by atoms with Crippen LogP contribution in [0.3, 0.4) is 0 Å². The molecule has 30 heavy (non-hydrogen) atoms. The lowest BCUT2D eigenvalue weighted by Gasteiger charge is -2.12. The molecule has 0 fully saturated rings. The lowest BCUT2D eigenvalue weighted by atomic mass is 10.2. The smallest absolute Gasteiger partial charge is 0.322 e. The molecule has 2 heterocycles. The third-order valence-electron chi connectivity index (χ3n) is 4.29. The molecular formula is C20H11F5N4O. The number of alkyl halides is 3. The van der Waals surface area contributed by atoms with Crippen LogP contribution in [0.1, 0.15) is 16.2 Å². The number of nitrogens with one attached hydrogen (secondary N) is 1. The van der Waals surface area contributed by atoms with Gasteiger partial charge in [0.2, 0.25) is 5.82 Å². The fourth-order valence-corrected chi connectivity index (χ4v) is 2.96. The number of aromatic nitrogens is 3. The van der Waals surface area contributed by atoms with E-state index in [1.807, 2.05) is 0 Å². The van der Waals surface area contributed by atoms with E-state index < -0.39 is 35.1 Å². The topological polar surface area (TPSA) is 59.8 Å². The highest BCUT2D eigenvalue weighted by Crippen LogP contribution is 2.33. The van der Waals surface area contributed by atoms with Crippen molar-refractivity contribution in [3.63, 3.8) is 0 Å². The van der Waals surface area contributed by atoms with Gasteiger partial charge in [-0.25, -0.2) is 13.8 Å². The van der Waals surface area contributed by atoms with Crippen LogP contribution in [0.25, 0.3) is 16.7 Å². The lowest BCUT2D eigenvalue weighted by Crippen LogP contribution is -2.15. The van der Waals surface area contributed by atoms with Crippen LogP contribution in [0.15, 0.2) is 60.9 Å². The van der Waals surface area contributed by atoms with E-state index in [2.05, 4.69) is 15.3 Å². The monoisotopic (exact) mass is 418 g/mol. The Morgan fingerprint density at radius 1 is 1.00 bits per heavy atom. The van der Waals surface area contributed by atoms with Crippen LogP contribution in [-0.2, 0) is 6.18 Å². The number of pyridine rings is 1. The highest BCUT2D eigenvalue weighted by atomic mass is 19.4. The summed E-state index contributed by atoms with van der Waals surface area (Å²) in [6.45, 7) is 0. The van der Waals surface area contributed by atoms with E-state index in [0.29, 0.717) is 0 Å². The summed E-state index contributed by atoms with van der Waals surface area (Å²) in [5, 5.41) is 2.38. The summed E-state index contributed by atoms with van der Waals surface area (Å²) in [6.07, 6.45) is -2.13. The maximum Gasteiger partial charge on any atom is 0.450 e. The zero-order chi connectivity index (χ0) is 21.5. The molecule has 0 bridgehead atoms. The summed E-state index contributed by atoms with van der Waals surface area (Å²) < 4.78 is 68.3. The molecule has 4 rings (SSSR count). The summed E-state index contributed by atoms with van der Waals surface area (Å²) in [5.74, 6) is -4.47. The predicted octanol–water partition coefficient (Wildman–Crippen LogP) is 4.97. The largest absolute Gasteiger partial charge is 0.450 e. The maximum atomic E-state index is 13.8. The Morgan fingerprint density at radius 3 is 2.43 bits per heavy atom. The van der Waals surface area contributed by atoms with Gasteiger partial charge in [0.05, 0.1) is 17.3 Å². The lowest BCUT2D eigenvalue weighted by molar-refractivity contribution is -0.145. The molecule has 1 amide bonds. The number of rotatable bonds is 3.